The summed E-state index contributed by atoms with van der Waals surface area (Å²) in [5, 5.41) is 21.2. The summed E-state index contributed by atoms with van der Waals surface area (Å²) in [5.74, 6) is 0.769. The molecule has 0 spiro atoms. The number of halogens is 2. The van der Waals surface area contributed by atoms with Crippen LogP contribution in [0.5, 0.6) is 11.5 Å². The zero-order valence-electron chi connectivity index (χ0n) is 18.8. The van der Waals surface area contributed by atoms with Crippen molar-refractivity contribution in [1.29, 1.82) is 0 Å². The van der Waals surface area contributed by atoms with E-state index in [0.29, 0.717) is 11.5 Å². The monoisotopic (exact) mass is 694 g/mol. The second-order valence-corrected chi connectivity index (χ2v) is 12.9. The lowest BCUT2D eigenvalue weighted by molar-refractivity contribution is 0.478. The van der Waals surface area contributed by atoms with E-state index in [2.05, 4.69) is 71.2 Å². The fraction of sp³-hybridized carbons (Fsp3) is 0.462. The fourth-order valence-electron chi connectivity index (χ4n) is 3.84. The molecular formula is C26H32I2O2S2. The Morgan fingerprint density at radius 3 is 1.41 bits per heavy atom. The molecular weight excluding hydrogens is 662 g/mol. The van der Waals surface area contributed by atoms with Gasteiger partial charge in [0.1, 0.15) is 11.5 Å². The van der Waals surface area contributed by atoms with Crippen LogP contribution in [0.15, 0.2) is 24.3 Å². The van der Waals surface area contributed by atoms with E-state index < -0.39 is 0 Å². The summed E-state index contributed by atoms with van der Waals surface area (Å²) in [7, 11) is 0. The van der Waals surface area contributed by atoms with Crippen molar-refractivity contribution in [3.05, 3.63) is 41.2 Å². The Balaban J connectivity index is 1.80. The fourth-order valence-corrected chi connectivity index (χ4v) is 7.92. The van der Waals surface area contributed by atoms with Gasteiger partial charge in [-0.05, 0) is 95.1 Å². The molecule has 6 heteroatoms. The first-order chi connectivity index (χ1) is 15.4. The van der Waals surface area contributed by atoms with E-state index in [-0.39, 0.29) is 0 Å². The summed E-state index contributed by atoms with van der Waals surface area (Å²) >= 11 is 8.15. The van der Waals surface area contributed by atoms with Crippen molar-refractivity contribution in [2.75, 3.05) is 0 Å². The minimum Gasteiger partial charge on any atom is -0.506 e. The van der Waals surface area contributed by atoms with Gasteiger partial charge < -0.3 is 10.2 Å². The van der Waals surface area contributed by atoms with Crippen LogP contribution < -0.4 is 0 Å². The summed E-state index contributed by atoms with van der Waals surface area (Å²) in [6.45, 7) is 4.46. The molecule has 3 rings (SSSR count). The van der Waals surface area contributed by atoms with Gasteiger partial charge in [0.2, 0.25) is 0 Å². The van der Waals surface area contributed by atoms with Crippen LogP contribution in [0.2, 0.25) is 0 Å². The van der Waals surface area contributed by atoms with E-state index in [9.17, 15) is 10.2 Å². The zero-order valence-corrected chi connectivity index (χ0v) is 24.8. The Hall–Kier alpha value is -0.320. The number of hydrogen-bond acceptors (Lipinski definition) is 4. The van der Waals surface area contributed by atoms with Crippen LogP contribution in [0.1, 0.15) is 75.0 Å². The van der Waals surface area contributed by atoms with Gasteiger partial charge in [0, 0.05) is 28.0 Å². The van der Waals surface area contributed by atoms with Crippen molar-refractivity contribution in [3.63, 3.8) is 0 Å². The SMILES string of the molecule is CCCCCCc1cc(O)c(-c2cc(I)c(-c3sc(CCCCCC)cc3O)cc2I)s1. The molecule has 3 aromatic rings. The zero-order chi connectivity index (χ0) is 23.1. The molecule has 0 radical (unpaired) electrons. The molecule has 0 bridgehead atoms. The molecule has 174 valence electrons. The van der Waals surface area contributed by atoms with E-state index in [0.717, 1.165) is 40.9 Å². The third kappa shape index (κ3) is 6.85. The maximum atomic E-state index is 10.6. The van der Waals surface area contributed by atoms with Crippen molar-refractivity contribution < 1.29 is 10.2 Å². The minimum atomic E-state index is 0.385. The summed E-state index contributed by atoms with van der Waals surface area (Å²) in [6.07, 6.45) is 12.0. The first kappa shape index (κ1) is 26.3. The van der Waals surface area contributed by atoms with Gasteiger partial charge in [-0.25, -0.2) is 0 Å². The molecule has 0 amide bonds. The average Bonchev–Trinajstić information content (AvgIpc) is 3.32. The Labute approximate surface area is 227 Å². The highest BCUT2D eigenvalue weighted by atomic mass is 127. The number of hydrogen-bond donors (Lipinski definition) is 2. The maximum Gasteiger partial charge on any atom is 0.134 e. The van der Waals surface area contributed by atoms with Gasteiger partial charge in [-0.3, -0.25) is 0 Å². The minimum absolute atomic E-state index is 0.385. The van der Waals surface area contributed by atoms with Gasteiger partial charge in [-0.2, -0.15) is 0 Å². The molecule has 0 saturated heterocycles. The molecule has 2 nitrogen and oxygen atoms in total. The van der Waals surface area contributed by atoms with Crippen LogP contribution in [-0.4, -0.2) is 10.2 Å². The number of thiophene rings is 2. The van der Waals surface area contributed by atoms with E-state index in [4.69, 9.17) is 0 Å². The predicted molar refractivity (Wildman–Crippen MR) is 158 cm³/mol. The van der Waals surface area contributed by atoms with Crippen LogP contribution in [0, 0.1) is 7.14 Å². The first-order valence-electron chi connectivity index (χ1n) is 11.6. The molecule has 0 aliphatic heterocycles. The Morgan fingerprint density at radius 1 is 0.625 bits per heavy atom. The second-order valence-electron chi connectivity index (χ2n) is 8.29. The molecule has 0 unspecified atom stereocenters. The third-order valence-corrected chi connectivity index (χ3v) is 9.85. The van der Waals surface area contributed by atoms with E-state index in [1.54, 1.807) is 22.7 Å². The van der Waals surface area contributed by atoms with Crippen LogP contribution in [-0.2, 0) is 12.8 Å². The van der Waals surface area contributed by atoms with Crippen molar-refractivity contribution in [1.82, 2.24) is 0 Å². The Morgan fingerprint density at radius 2 is 1.03 bits per heavy atom. The molecule has 2 heterocycles. The topological polar surface area (TPSA) is 40.5 Å². The smallest absolute Gasteiger partial charge is 0.134 e. The van der Waals surface area contributed by atoms with Gasteiger partial charge in [0.15, 0.2) is 0 Å². The van der Waals surface area contributed by atoms with Crippen LogP contribution >= 0.6 is 67.9 Å². The lowest BCUT2D eigenvalue weighted by Crippen LogP contribution is -1.87. The van der Waals surface area contributed by atoms with Crippen molar-refractivity contribution in [3.8, 4) is 32.4 Å². The highest BCUT2D eigenvalue weighted by molar-refractivity contribution is 14.1. The summed E-state index contributed by atoms with van der Waals surface area (Å²) < 4.78 is 2.20. The van der Waals surface area contributed by atoms with E-state index in [1.807, 2.05) is 12.1 Å². The molecule has 0 fully saturated rings. The van der Waals surface area contributed by atoms with Gasteiger partial charge >= 0.3 is 0 Å². The number of rotatable bonds is 12. The molecule has 0 saturated carbocycles. The quantitative estimate of drug-likeness (QED) is 0.146. The van der Waals surface area contributed by atoms with Crippen LogP contribution in [0.25, 0.3) is 20.9 Å². The number of unbranched alkanes of at least 4 members (excludes halogenated alkanes) is 6. The van der Waals surface area contributed by atoms with Gasteiger partial charge in [0.25, 0.3) is 0 Å². The summed E-state index contributed by atoms with van der Waals surface area (Å²) in [4.78, 5) is 4.42. The standard InChI is InChI=1S/C26H32I2O2S2/c1-3-5-7-9-11-17-13-23(29)25(31-17)19-15-22(28)20(16-21(19)27)26-24(30)14-18(32-26)12-10-8-6-4-2/h13-16,29-30H,3-12H2,1-2H3. The normalized spacial score (nSPS) is 11.4. The number of benzene rings is 1. The lowest BCUT2D eigenvalue weighted by atomic mass is 10.1. The van der Waals surface area contributed by atoms with Crippen molar-refractivity contribution in [2.45, 2.75) is 78.1 Å². The van der Waals surface area contributed by atoms with Crippen molar-refractivity contribution >= 4 is 67.9 Å². The molecule has 32 heavy (non-hydrogen) atoms. The van der Waals surface area contributed by atoms with E-state index in [1.165, 1.54) is 61.1 Å². The third-order valence-electron chi connectivity index (χ3n) is 5.63. The highest BCUT2D eigenvalue weighted by Crippen LogP contribution is 2.45. The Kier molecular flexibility index (Phi) is 10.6. The maximum absolute atomic E-state index is 10.6. The second kappa shape index (κ2) is 13.0. The number of aromatic hydroxyl groups is 2. The molecule has 0 aliphatic carbocycles. The van der Waals surface area contributed by atoms with Gasteiger partial charge in [-0.15, -0.1) is 22.7 Å². The predicted octanol–water partition coefficient (Wildman–Crippen LogP) is 10.0. The molecule has 2 aromatic heterocycles. The lowest BCUT2D eigenvalue weighted by Gasteiger charge is -2.09. The largest absolute Gasteiger partial charge is 0.506 e. The summed E-state index contributed by atoms with van der Waals surface area (Å²) in [6, 6.07) is 8.20. The van der Waals surface area contributed by atoms with Crippen LogP contribution in [0.4, 0.5) is 0 Å². The van der Waals surface area contributed by atoms with Gasteiger partial charge in [0.05, 0.1) is 9.75 Å². The molecule has 0 atom stereocenters. The molecule has 2 N–H and O–H groups in total. The molecule has 0 aliphatic rings. The summed E-state index contributed by atoms with van der Waals surface area (Å²) in [5.41, 5.74) is 2.16. The highest BCUT2D eigenvalue weighted by Gasteiger charge is 2.19. The van der Waals surface area contributed by atoms with Crippen molar-refractivity contribution in [2.24, 2.45) is 0 Å². The van der Waals surface area contributed by atoms with Crippen LogP contribution in [0.3, 0.4) is 0 Å². The first-order valence-corrected chi connectivity index (χ1v) is 15.4. The van der Waals surface area contributed by atoms with E-state index >= 15 is 0 Å². The number of aryl methyl sites for hydroxylation is 2. The average molecular weight is 694 g/mol. The molecule has 1 aromatic carbocycles. The van der Waals surface area contributed by atoms with Gasteiger partial charge in [-0.1, -0.05) is 52.4 Å². The Bertz CT molecular complexity index is 941.